The van der Waals surface area contributed by atoms with Crippen molar-refractivity contribution < 1.29 is 9.90 Å². The lowest BCUT2D eigenvalue weighted by molar-refractivity contribution is -0.133. The number of likely N-dealkylation sites (tertiary alicyclic amines) is 1. The number of β-amino-alcohol motifs (C(OH)–C–C–N with tert-alkyl or cyclic N) is 1. The Labute approximate surface area is 126 Å². The molecule has 0 bridgehead atoms. The summed E-state index contributed by atoms with van der Waals surface area (Å²) >= 11 is 0. The van der Waals surface area contributed by atoms with Gasteiger partial charge in [-0.25, -0.2) is 0 Å². The molecular formula is C16H25N3O2. The van der Waals surface area contributed by atoms with Crippen molar-refractivity contribution in [3.63, 3.8) is 0 Å². The molecule has 3 atom stereocenters. The molecule has 116 valence electrons. The van der Waals surface area contributed by atoms with Gasteiger partial charge in [-0.15, -0.1) is 0 Å². The number of likely N-dealkylation sites (N-methyl/N-ethyl adjacent to an activating group) is 1. The fraction of sp³-hybridized carbons (Fsp3) is 0.562. The Hall–Kier alpha value is -1.59. The summed E-state index contributed by atoms with van der Waals surface area (Å²) in [6.07, 6.45) is 0.222. The number of benzene rings is 1. The van der Waals surface area contributed by atoms with E-state index in [-0.39, 0.29) is 17.9 Å². The highest BCUT2D eigenvalue weighted by atomic mass is 16.3. The highest BCUT2D eigenvalue weighted by molar-refractivity contribution is 5.84. The monoisotopic (exact) mass is 291 g/mol. The molecule has 3 N–H and O–H groups in total. The number of anilines is 1. The number of nitrogens with zero attached hydrogens (tertiary/aromatic N) is 2. The van der Waals surface area contributed by atoms with Crippen molar-refractivity contribution in [1.29, 1.82) is 0 Å². The summed E-state index contributed by atoms with van der Waals surface area (Å²) in [4.78, 5) is 16.6. The number of carbonyl (C=O) groups excluding carboxylic acids is 1. The van der Waals surface area contributed by atoms with E-state index in [1.807, 2.05) is 55.1 Å². The lowest BCUT2D eigenvalue weighted by Crippen LogP contribution is -2.43. The normalized spacial score (nSPS) is 23.6. The van der Waals surface area contributed by atoms with Gasteiger partial charge < -0.3 is 20.6 Å². The first-order valence-electron chi connectivity index (χ1n) is 7.37. The molecule has 3 unspecified atom stereocenters. The molecule has 0 radical (unpaired) electrons. The molecule has 1 saturated heterocycles. The average molecular weight is 291 g/mol. The number of nitrogen functional groups attached to an aromatic ring is 1. The summed E-state index contributed by atoms with van der Waals surface area (Å²) in [7, 11) is 3.96. The van der Waals surface area contributed by atoms with Crippen LogP contribution in [0.5, 0.6) is 0 Å². The van der Waals surface area contributed by atoms with Crippen molar-refractivity contribution in [1.82, 2.24) is 9.80 Å². The third-order valence-corrected chi connectivity index (χ3v) is 4.03. The highest BCUT2D eigenvalue weighted by Gasteiger charge is 2.36. The third kappa shape index (κ3) is 3.74. The van der Waals surface area contributed by atoms with E-state index in [1.54, 1.807) is 0 Å². The molecule has 2 rings (SSSR count). The minimum absolute atomic E-state index is 0.0593. The number of aliphatic hydroxyl groups excluding tert-OH is 1. The summed E-state index contributed by atoms with van der Waals surface area (Å²) in [6.45, 7) is 3.09. The standard InChI is InChI=1S/C16H25N3O2/c1-11(12-5-4-6-13(17)7-12)16(21)19-10-15(20)8-14(19)9-18(2)3/h4-7,11,14-15,20H,8-10,17H2,1-3H3. The molecule has 0 aromatic heterocycles. The molecule has 21 heavy (non-hydrogen) atoms. The fourth-order valence-corrected chi connectivity index (χ4v) is 2.98. The minimum Gasteiger partial charge on any atom is -0.399 e. The van der Waals surface area contributed by atoms with Crippen molar-refractivity contribution in [2.75, 3.05) is 32.9 Å². The molecule has 1 aliphatic rings. The molecule has 1 heterocycles. The molecule has 0 aliphatic carbocycles. The predicted molar refractivity (Wildman–Crippen MR) is 83.9 cm³/mol. The van der Waals surface area contributed by atoms with E-state index in [9.17, 15) is 9.90 Å². The zero-order valence-corrected chi connectivity index (χ0v) is 13.0. The van der Waals surface area contributed by atoms with Crippen LogP contribution in [0.1, 0.15) is 24.8 Å². The van der Waals surface area contributed by atoms with Gasteiger partial charge in [0.15, 0.2) is 0 Å². The van der Waals surface area contributed by atoms with Crippen LogP contribution in [0.25, 0.3) is 0 Å². The molecule has 1 aromatic rings. The number of aliphatic hydroxyl groups is 1. The summed E-state index contributed by atoms with van der Waals surface area (Å²) in [5.74, 6) is -0.188. The Balaban J connectivity index is 2.13. The maximum absolute atomic E-state index is 12.7. The van der Waals surface area contributed by atoms with E-state index in [4.69, 9.17) is 5.73 Å². The van der Waals surface area contributed by atoms with Crippen LogP contribution in [0.4, 0.5) is 5.69 Å². The van der Waals surface area contributed by atoms with E-state index in [1.165, 1.54) is 0 Å². The quantitative estimate of drug-likeness (QED) is 0.809. The van der Waals surface area contributed by atoms with Crippen LogP contribution in [-0.4, -0.2) is 60.1 Å². The van der Waals surface area contributed by atoms with E-state index in [0.29, 0.717) is 18.7 Å². The van der Waals surface area contributed by atoms with Crippen molar-refractivity contribution >= 4 is 11.6 Å². The number of hydrogen-bond acceptors (Lipinski definition) is 4. The number of amides is 1. The van der Waals surface area contributed by atoms with Gasteiger partial charge in [-0.1, -0.05) is 12.1 Å². The van der Waals surface area contributed by atoms with E-state index in [0.717, 1.165) is 12.1 Å². The lowest BCUT2D eigenvalue weighted by atomic mass is 9.99. The fourth-order valence-electron chi connectivity index (χ4n) is 2.98. The topological polar surface area (TPSA) is 69.8 Å². The molecule has 5 heteroatoms. The van der Waals surface area contributed by atoms with Gasteiger partial charge in [0, 0.05) is 24.8 Å². The van der Waals surface area contributed by atoms with Gasteiger partial charge >= 0.3 is 0 Å². The third-order valence-electron chi connectivity index (χ3n) is 4.03. The first-order valence-corrected chi connectivity index (χ1v) is 7.37. The zero-order valence-electron chi connectivity index (χ0n) is 13.0. The number of nitrogens with two attached hydrogens (primary N) is 1. The molecule has 1 fully saturated rings. The average Bonchev–Trinajstić information content (AvgIpc) is 2.77. The summed E-state index contributed by atoms with van der Waals surface area (Å²) < 4.78 is 0. The van der Waals surface area contributed by atoms with Crippen LogP contribution in [-0.2, 0) is 4.79 Å². The van der Waals surface area contributed by atoms with Crippen LogP contribution < -0.4 is 5.73 Å². The molecule has 0 spiro atoms. The number of rotatable bonds is 4. The van der Waals surface area contributed by atoms with E-state index >= 15 is 0 Å². The van der Waals surface area contributed by atoms with Crippen LogP contribution >= 0.6 is 0 Å². The predicted octanol–water partition coefficient (Wildman–Crippen LogP) is 0.896. The van der Waals surface area contributed by atoms with Crippen molar-refractivity contribution in [2.45, 2.75) is 31.4 Å². The number of hydrogen-bond donors (Lipinski definition) is 2. The summed E-state index contributed by atoms with van der Waals surface area (Å²) in [6, 6.07) is 7.52. The van der Waals surface area contributed by atoms with Gasteiger partial charge in [-0.05, 0) is 45.1 Å². The van der Waals surface area contributed by atoms with Crippen LogP contribution in [0.15, 0.2) is 24.3 Å². The minimum atomic E-state index is -0.424. The SMILES string of the molecule is CC(C(=O)N1CC(O)CC1CN(C)C)c1cccc(N)c1. The van der Waals surface area contributed by atoms with Crippen molar-refractivity contribution in [3.8, 4) is 0 Å². The van der Waals surface area contributed by atoms with E-state index < -0.39 is 6.10 Å². The molecular weight excluding hydrogens is 266 g/mol. The smallest absolute Gasteiger partial charge is 0.230 e. The molecule has 0 saturated carbocycles. The second kappa shape index (κ2) is 6.45. The first kappa shape index (κ1) is 15.8. The Morgan fingerprint density at radius 1 is 1.52 bits per heavy atom. The second-order valence-corrected chi connectivity index (χ2v) is 6.19. The van der Waals surface area contributed by atoms with Gasteiger partial charge in [0.05, 0.1) is 12.0 Å². The van der Waals surface area contributed by atoms with Gasteiger partial charge in [0.1, 0.15) is 0 Å². The van der Waals surface area contributed by atoms with Crippen molar-refractivity contribution in [3.05, 3.63) is 29.8 Å². The van der Waals surface area contributed by atoms with Gasteiger partial charge in [-0.2, -0.15) is 0 Å². The zero-order chi connectivity index (χ0) is 15.6. The van der Waals surface area contributed by atoms with Crippen molar-refractivity contribution in [2.24, 2.45) is 0 Å². The Bertz CT molecular complexity index is 504. The maximum Gasteiger partial charge on any atom is 0.230 e. The van der Waals surface area contributed by atoms with Gasteiger partial charge in [0.2, 0.25) is 5.91 Å². The van der Waals surface area contributed by atoms with E-state index in [2.05, 4.69) is 0 Å². The van der Waals surface area contributed by atoms with Gasteiger partial charge in [0.25, 0.3) is 0 Å². The van der Waals surface area contributed by atoms with Crippen LogP contribution in [0, 0.1) is 0 Å². The van der Waals surface area contributed by atoms with Crippen LogP contribution in [0.3, 0.4) is 0 Å². The Morgan fingerprint density at radius 3 is 2.86 bits per heavy atom. The highest BCUT2D eigenvalue weighted by Crippen LogP contribution is 2.26. The molecule has 1 aliphatic heterocycles. The Morgan fingerprint density at radius 2 is 2.24 bits per heavy atom. The molecule has 1 amide bonds. The summed E-state index contributed by atoms with van der Waals surface area (Å²) in [5, 5.41) is 9.90. The van der Waals surface area contributed by atoms with Crippen LogP contribution in [0.2, 0.25) is 0 Å². The lowest BCUT2D eigenvalue weighted by Gasteiger charge is -2.29. The molecule has 5 nitrogen and oxygen atoms in total. The second-order valence-electron chi connectivity index (χ2n) is 6.19. The van der Waals surface area contributed by atoms with Gasteiger partial charge in [-0.3, -0.25) is 4.79 Å². The Kier molecular flexibility index (Phi) is 4.85. The maximum atomic E-state index is 12.7. The summed E-state index contributed by atoms with van der Waals surface area (Å²) in [5.41, 5.74) is 7.38. The first-order chi connectivity index (χ1) is 9.88. The number of carbonyl (C=O) groups is 1. The largest absolute Gasteiger partial charge is 0.399 e. The molecule has 1 aromatic carbocycles.